The highest BCUT2D eigenvalue weighted by Gasteiger charge is 2.05. The molecule has 162 valence electrons. The maximum atomic E-state index is 10.3. The molecule has 6 heteroatoms. The molecule has 1 heterocycles. The second-order valence-electron chi connectivity index (χ2n) is 7.08. The molecule has 0 spiro atoms. The zero-order valence-electron chi connectivity index (χ0n) is 18.3. The van der Waals surface area contributed by atoms with Crippen molar-refractivity contribution >= 4 is 35.7 Å². The summed E-state index contributed by atoms with van der Waals surface area (Å²) < 4.78 is 2.08. The number of imidazole rings is 1. The Balaban J connectivity index is 0.000000318. The number of carbonyl (C=O) groups is 2. The monoisotopic (exact) mass is 429 g/mol. The molecule has 3 aromatic rings. The number of aromatic nitrogens is 2. The van der Waals surface area contributed by atoms with E-state index in [2.05, 4.69) is 46.9 Å². The molecule has 0 saturated heterocycles. The minimum absolute atomic E-state index is 0.621. The molecular weight excluding hydrogens is 398 g/mol. The van der Waals surface area contributed by atoms with Crippen LogP contribution < -0.4 is 5.32 Å². The SMILES string of the molecule is C=O.CC[C@H](C)NCCCc1cccc2c1ncn2C.Cc1c(Cl)cccc1C=O. The Kier molecular flexibility index (Phi) is 11.6. The molecule has 1 N–H and O–H groups in total. The largest absolute Gasteiger partial charge is 0.334 e. The molecule has 30 heavy (non-hydrogen) atoms. The normalized spacial score (nSPS) is 11.1. The Morgan fingerprint density at radius 3 is 2.57 bits per heavy atom. The standard InChI is InChI=1S/C15H23N3.C8H7ClO.CH2O/c1-4-12(2)16-10-6-8-13-7-5-9-14-15(13)17-11-18(14)3;1-6-7(5-10)3-2-4-8(6)9;1-2/h5,7,9,11-12,16H,4,6,8,10H2,1-3H3;2-5H,1H3;1H2/t12-;;/m0../s1. The quantitative estimate of drug-likeness (QED) is 0.415. The van der Waals surface area contributed by atoms with Crippen LogP contribution >= 0.6 is 11.6 Å². The van der Waals surface area contributed by atoms with Crippen molar-refractivity contribution in [3.8, 4) is 0 Å². The summed E-state index contributed by atoms with van der Waals surface area (Å²) in [5.41, 5.74) is 5.25. The zero-order chi connectivity index (χ0) is 22.5. The Labute approximate surface area is 184 Å². The number of aryl methyl sites for hydroxylation is 2. The number of halogens is 1. The van der Waals surface area contributed by atoms with Crippen molar-refractivity contribution in [3.05, 3.63) is 64.4 Å². The molecule has 0 aliphatic rings. The molecule has 1 atom stereocenters. The van der Waals surface area contributed by atoms with Gasteiger partial charge in [0.1, 0.15) is 13.1 Å². The zero-order valence-corrected chi connectivity index (χ0v) is 19.1. The Morgan fingerprint density at radius 1 is 1.23 bits per heavy atom. The topological polar surface area (TPSA) is 64.0 Å². The van der Waals surface area contributed by atoms with E-state index in [0.717, 1.165) is 30.3 Å². The maximum absolute atomic E-state index is 10.3. The fourth-order valence-corrected chi connectivity index (χ4v) is 3.13. The van der Waals surface area contributed by atoms with Crippen molar-refractivity contribution in [2.24, 2.45) is 7.05 Å². The summed E-state index contributed by atoms with van der Waals surface area (Å²) in [7, 11) is 2.05. The first-order chi connectivity index (χ1) is 14.5. The molecule has 0 radical (unpaired) electrons. The van der Waals surface area contributed by atoms with E-state index >= 15 is 0 Å². The lowest BCUT2D eigenvalue weighted by atomic mass is 10.1. The van der Waals surface area contributed by atoms with Crippen LogP contribution in [0.2, 0.25) is 5.02 Å². The predicted octanol–water partition coefficient (Wildman–Crippen LogP) is 5.17. The molecule has 0 aliphatic carbocycles. The van der Waals surface area contributed by atoms with Gasteiger partial charge in [0, 0.05) is 23.7 Å². The van der Waals surface area contributed by atoms with E-state index in [1.807, 2.05) is 27.1 Å². The van der Waals surface area contributed by atoms with Gasteiger partial charge in [-0.1, -0.05) is 42.8 Å². The second-order valence-corrected chi connectivity index (χ2v) is 7.49. The summed E-state index contributed by atoms with van der Waals surface area (Å²) in [6.45, 7) is 9.36. The van der Waals surface area contributed by atoms with Crippen LogP contribution in [0.3, 0.4) is 0 Å². The van der Waals surface area contributed by atoms with Gasteiger partial charge in [0.2, 0.25) is 0 Å². The average molecular weight is 430 g/mol. The van der Waals surface area contributed by atoms with Gasteiger partial charge in [-0.2, -0.15) is 0 Å². The van der Waals surface area contributed by atoms with Gasteiger partial charge < -0.3 is 14.7 Å². The van der Waals surface area contributed by atoms with Crippen LogP contribution in [0.5, 0.6) is 0 Å². The number of carbonyl (C=O) groups excluding carboxylic acids is 2. The lowest BCUT2D eigenvalue weighted by Crippen LogP contribution is -2.26. The van der Waals surface area contributed by atoms with Gasteiger partial charge in [0.25, 0.3) is 0 Å². The molecule has 0 amide bonds. The lowest BCUT2D eigenvalue weighted by Gasteiger charge is -2.10. The fourth-order valence-electron chi connectivity index (χ4n) is 2.94. The summed E-state index contributed by atoms with van der Waals surface area (Å²) in [5.74, 6) is 0. The van der Waals surface area contributed by atoms with Gasteiger partial charge >= 0.3 is 0 Å². The highest BCUT2D eigenvalue weighted by molar-refractivity contribution is 6.31. The van der Waals surface area contributed by atoms with E-state index in [-0.39, 0.29) is 0 Å². The number of nitrogens with one attached hydrogen (secondary N) is 1. The Bertz CT molecular complexity index is 924. The highest BCUT2D eigenvalue weighted by atomic mass is 35.5. The van der Waals surface area contributed by atoms with Crippen molar-refractivity contribution in [3.63, 3.8) is 0 Å². The van der Waals surface area contributed by atoms with E-state index in [0.29, 0.717) is 16.6 Å². The minimum Gasteiger partial charge on any atom is -0.334 e. The van der Waals surface area contributed by atoms with Crippen LogP contribution in [-0.4, -0.2) is 35.2 Å². The van der Waals surface area contributed by atoms with Gasteiger partial charge in [-0.15, -0.1) is 0 Å². The average Bonchev–Trinajstić information content (AvgIpc) is 3.16. The summed E-state index contributed by atoms with van der Waals surface area (Å²) in [6.07, 6.45) is 6.15. The van der Waals surface area contributed by atoms with Crippen molar-refractivity contribution in [2.75, 3.05) is 6.54 Å². The molecular formula is C24H32ClN3O2. The number of hydrogen-bond donors (Lipinski definition) is 1. The Hall–Kier alpha value is -2.50. The molecule has 0 bridgehead atoms. The minimum atomic E-state index is 0.621. The van der Waals surface area contributed by atoms with E-state index in [9.17, 15) is 4.79 Å². The van der Waals surface area contributed by atoms with Gasteiger partial charge in [-0.3, -0.25) is 4.79 Å². The Morgan fingerprint density at radius 2 is 1.93 bits per heavy atom. The summed E-state index contributed by atoms with van der Waals surface area (Å²) >= 11 is 5.73. The molecule has 3 rings (SSSR count). The molecule has 0 aliphatic heterocycles. The number of aldehydes is 1. The van der Waals surface area contributed by atoms with Crippen molar-refractivity contribution < 1.29 is 9.59 Å². The van der Waals surface area contributed by atoms with Crippen molar-refractivity contribution in [1.82, 2.24) is 14.9 Å². The fraction of sp³-hybridized carbons (Fsp3) is 0.375. The third-order valence-corrected chi connectivity index (χ3v) is 5.41. The number of benzene rings is 2. The molecule has 1 aromatic heterocycles. The summed E-state index contributed by atoms with van der Waals surface area (Å²) in [6, 6.07) is 12.3. The van der Waals surface area contributed by atoms with Crippen LogP contribution in [-0.2, 0) is 18.3 Å². The van der Waals surface area contributed by atoms with Gasteiger partial charge in [-0.25, -0.2) is 4.98 Å². The maximum Gasteiger partial charge on any atom is 0.150 e. The van der Waals surface area contributed by atoms with Crippen LogP contribution in [0.25, 0.3) is 11.0 Å². The van der Waals surface area contributed by atoms with Crippen molar-refractivity contribution in [1.29, 1.82) is 0 Å². The summed E-state index contributed by atoms with van der Waals surface area (Å²) in [4.78, 5) is 22.8. The van der Waals surface area contributed by atoms with Crippen molar-refractivity contribution in [2.45, 2.75) is 46.1 Å². The van der Waals surface area contributed by atoms with Gasteiger partial charge in [0.15, 0.2) is 0 Å². The van der Waals surface area contributed by atoms with E-state index < -0.39 is 0 Å². The number of para-hydroxylation sites is 1. The van der Waals surface area contributed by atoms with Gasteiger partial charge in [0.05, 0.1) is 17.4 Å². The van der Waals surface area contributed by atoms with Gasteiger partial charge in [-0.05, 0) is 62.9 Å². The third kappa shape index (κ3) is 7.39. The first-order valence-electron chi connectivity index (χ1n) is 10.1. The number of rotatable bonds is 7. The van der Waals surface area contributed by atoms with Crippen LogP contribution in [0.4, 0.5) is 0 Å². The molecule has 5 nitrogen and oxygen atoms in total. The molecule has 0 fully saturated rings. The molecule has 2 aromatic carbocycles. The number of fused-ring (bicyclic) bond motifs is 1. The highest BCUT2D eigenvalue weighted by Crippen LogP contribution is 2.18. The van der Waals surface area contributed by atoms with E-state index in [1.54, 1.807) is 18.2 Å². The first-order valence-corrected chi connectivity index (χ1v) is 10.5. The van der Waals surface area contributed by atoms with Crippen LogP contribution in [0.1, 0.15) is 48.2 Å². The number of nitrogens with zero attached hydrogens (tertiary/aromatic N) is 2. The number of hydrogen-bond acceptors (Lipinski definition) is 4. The molecule has 0 unspecified atom stereocenters. The summed E-state index contributed by atoms with van der Waals surface area (Å²) in [5, 5.41) is 4.17. The molecule has 0 saturated carbocycles. The first kappa shape index (κ1) is 25.5. The smallest absolute Gasteiger partial charge is 0.150 e. The van der Waals surface area contributed by atoms with E-state index in [1.165, 1.54) is 23.9 Å². The predicted molar refractivity (Wildman–Crippen MR) is 125 cm³/mol. The third-order valence-electron chi connectivity index (χ3n) is 5.00. The second kappa shape index (κ2) is 13.7. The van der Waals surface area contributed by atoms with Crippen LogP contribution in [0.15, 0.2) is 42.7 Å². The van der Waals surface area contributed by atoms with E-state index in [4.69, 9.17) is 16.4 Å². The lowest BCUT2D eigenvalue weighted by molar-refractivity contribution is -0.0980. The van der Waals surface area contributed by atoms with Crippen LogP contribution in [0, 0.1) is 6.92 Å².